The third-order valence-electron chi connectivity index (χ3n) is 3.67. The number of aromatic nitrogens is 2. The highest BCUT2D eigenvalue weighted by molar-refractivity contribution is 9.09. The zero-order chi connectivity index (χ0) is 14.5. The largest absolute Gasteiger partial charge is 0.336 e. The van der Waals surface area contributed by atoms with Crippen molar-refractivity contribution in [2.45, 2.75) is 45.2 Å². The van der Waals surface area contributed by atoms with Crippen LogP contribution in [0.2, 0.25) is 0 Å². The highest BCUT2D eigenvalue weighted by atomic mass is 79.9. The maximum atomic E-state index is 12.2. The molecule has 0 aromatic carbocycles. The van der Waals surface area contributed by atoms with E-state index in [0.29, 0.717) is 13.1 Å². The highest BCUT2D eigenvalue weighted by Gasteiger charge is 2.28. The minimum absolute atomic E-state index is 0.0413. The Hall–Kier alpha value is -0.400. The van der Waals surface area contributed by atoms with Crippen LogP contribution in [0.25, 0.3) is 0 Å². The summed E-state index contributed by atoms with van der Waals surface area (Å²) in [5.41, 5.74) is -0.0413. The van der Waals surface area contributed by atoms with Crippen LogP contribution in [0.15, 0.2) is 17.6 Å². The lowest BCUT2D eigenvalue weighted by Gasteiger charge is -2.29. The van der Waals surface area contributed by atoms with Crippen LogP contribution in [0, 0.1) is 5.41 Å². The van der Waals surface area contributed by atoms with Gasteiger partial charge in [-0.15, -0.1) is 0 Å². The third kappa shape index (κ3) is 4.03. The molecule has 0 bridgehead atoms. The zero-order valence-electron chi connectivity index (χ0n) is 11.7. The Labute approximate surface area is 124 Å². The molecule has 0 aliphatic rings. The fraction of sp³-hybridized carbons (Fsp3) is 0.750. The monoisotopic (exact) mass is 351 g/mol. The number of sulfonamides is 1. The topological polar surface area (TPSA) is 64.0 Å². The van der Waals surface area contributed by atoms with Crippen LogP contribution in [0.3, 0.4) is 0 Å². The second kappa shape index (κ2) is 6.85. The van der Waals surface area contributed by atoms with Crippen molar-refractivity contribution in [3.63, 3.8) is 0 Å². The molecule has 0 aliphatic heterocycles. The Morgan fingerprint density at radius 1 is 1.37 bits per heavy atom. The van der Waals surface area contributed by atoms with Crippen molar-refractivity contribution >= 4 is 26.0 Å². The average Bonchev–Trinajstić information content (AvgIpc) is 2.90. The van der Waals surface area contributed by atoms with E-state index in [2.05, 4.69) is 39.5 Å². The van der Waals surface area contributed by atoms with E-state index >= 15 is 0 Å². The van der Waals surface area contributed by atoms with Crippen LogP contribution in [0.5, 0.6) is 0 Å². The predicted octanol–water partition coefficient (Wildman–Crippen LogP) is 2.38. The van der Waals surface area contributed by atoms with E-state index in [0.717, 1.165) is 18.2 Å². The van der Waals surface area contributed by atoms with Crippen molar-refractivity contribution in [2.24, 2.45) is 5.41 Å². The molecule has 5 nitrogen and oxygen atoms in total. The predicted molar refractivity (Wildman–Crippen MR) is 79.9 cm³/mol. The summed E-state index contributed by atoms with van der Waals surface area (Å²) in [6, 6.07) is 0. The minimum atomic E-state index is -3.52. The molecule has 0 fully saturated rings. The smallest absolute Gasteiger partial charge is 0.259 e. The second-order valence-electron chi connectivity index (χ2n) is 4.71. The first kappa shape index (κ1) is 16.7. The molecule has 1 N–H and O–H groups in total. The van der Waals surface area contributed by atoms with Crippen molar-refractivity contribution < 1.29 is 8.42 Å². The Bertz CT molecular complexity index is 487. The van der Waals surface area contributed by atoms with Gasteiger partial charge in [-0.2, -0.15) is 0 Å². The van der Waals surface area contributed by atoms with Crippen LogP contribution in [-0.2, 0) is 16.6 Å². The van der Waals surface area contributed by atoms with Crippen molar-refractivity contribution in [3.8, 4) is 0 Å². The van der Waals surface area contributed by atoms with E-state index < -0.39 is 10.0 Å². The summed E-state index contributed by atoms with van der Waals surface area (Å²) in [6.45, 7) is 7.22. The van der Waals surface area contributed by atoms with Gasteiger partial charge < -0.3 is 4.57 Å². The lowest BCUT2D eigenvalue weighted by molar-refractivity contribution is 0.309. The number of nitrogens with zero attached hydrogens (tertiary/aromatic N) is 2. The Morgan fingerprint density at radius 3 is 2.42 bits per heavy atom. The van der Waals surface area contributed by atoms with Crippen LogP contribution < -0.4 is 4.72 Å². The Morgan fingerprint density at radius 2 is 2.00 bits per heavy atom. The van der Waals surface area contributed by atoms with Crippen molar-refractivity contribution in [1.82, 2.24) is 14.3 Å². The molecule has 0 aliphatic carbocycles. The standard InChI is InChI=1S/C12H22BrN3O2S/c1-4-12(5-2,8-13)9-15-19(17,18)11-7-16(6-3)10-14-11/h7,10,15H,4-6,8-9H2,1-3H3. The molecule has 1 heterocycles. The molecular weight excluding hydrogens is 330 g/mol. The van der Waals surface area contributed by atoms with Gasteiger partial charge in [0.25, 0.3) is 10.0 Å². The van der Waals surface area contributed by atoms with Crippen molar-refractivity contribution in [2.75, 3.05) is 11.9 Å². The molecule has 0 saturated carbocycles. The molecule has 0 unspecified atom stereocenters. The van der Waals surface area contributed by atoms with Gasteiger partial charge in [-0.25, -0.2) is 18.1 Å². The molecule has 7 heteroatoms. The number of hydrogen-bond donors (Lipinski definition) is 1. The zero-order valence-corrected chi connectivity index (χ0v) is 14.1. The van der Waals surface area contributed by atoms with Gasteiger partial charge in [-0.1, -0.05) is 29.8 Å². The average molecular weight is 352 g/mol. The van der Waals surface area contributed by atoms with E-state index in [1.807, 2.05) is 6.92 Å². The van der Waals surface area contributed by atoms with Gasteiger partial charge in [0, 0.05) is 24.6 Å². The van der Waals surface area contributed by atoms with E-state index in [1.54, 1.807) is 10.8 Å². The van der Waals surface area contributed by atoms with Crippen LogP contribution in [-0.4, -0.2) is 29.8 Å². The summed E-state index contributed by atoms with van der Waals surface area (Å²) in [5.74, 6) is 0. The number of aryl methyl sites for hydroxylation is 1. The first-order valence-electron chi connectivity index (χ1n) is 6.50. The van der Waals surface area contributed by atoms with Gasteiger partial charge in [0.2, 0.25) is 0 Å². The molecule has 0 spiro atoms. The van der Waals surface area contributed by atoms with E-state index in [-0.39, 0.29) is 10.4 Å². The summed E-state index contributed by atoms with van der Waals surface area (Å²) in [4.78, 5) is 3.94. The van der Waals surface area contributed by atoms with Crippen LogP contribution >= 0.6 is 15.9 Å². The second-order valence-corrected chi connectivity index (χ2v) is 6.98. The molecule has 19 heavy (non-hydrogen) atoms. The first-order valence-corrected chi connectivity index (χ1v) is 9.11. The lowest BCUT2D eigenvalue weighted by atomic mass is 9.85. The minimum Gasteiger partial charge on any atom is -0.336 e. The molecule has 0 saturated heterocycles. The number of rotatable bonds is 8. The molecule has 0 atom stereocenters. The maximum Gasteiger partial charge on any atom is 0.259 e. The molecular formula is C12H22BrN3O2S. The lowest BCUT2D eigenvalue weighted by Crippen LogP contribution is -2.38. The molecule has 1 aromatic heterocycles. The normalized spacial score (nSPS) is 12.8. The van der Waals surface area contributed by atoms with Gasteiger partial charge in [-0.3, -0.25) is 0 Å². The van der Waals surface area contributed by atoms with E-state index in [4.69, 9.17) is 0 Å². The molecule has 110 valence electrons. The molecule has 1 rings (SSSR count). The molecule has 0 radical (unpaired) electrons. The van der Waals surface area contributed by atoms with Gasteiger partial charge in [0.15, 0.2) is 5.03 Å². The summed E-state index contributed by atoms with van der Waals surface area (Å²) < 4.78 is 28.7. The van der Waals surface area contributed by atoms with Gasteiger partial charge in [0.1, 0.15) is 0 Å². The first-order chi connectivity index (χ1) is 8.93. The third-order valence-corrected chi connectivity index (χ3v) is 6.15. The highest BCUT2D eigenvalue weighted by Crippen LogP contribution is 2.28. The van der Waals surface area contributed by atoms with Gasteiger partial charge in [-0.05, 0) is 25.2 Å². The Kier molecular flexibility index (Phi) is 6.01. The summed E-state index contributed by atoms with van der Waals surface area (Å²) >= 11 is 3.48. The van der Waals surface area contributed by atoms with Crippen molar-refractivity contribution in [1.29, 1.82) is 0 Å². The number of halogens is 1. The SMILES string of the molecule is CCn1cnc(S(=O)(=O)NCC(CC)(CC)CBr)c1. The fourth-order valence-electron chi connectivity index (χ4n) is 1.71. The van der Waals surface area contributed by atoms with Gasteiger partial charge >= 0.3 is 0 Å². The maximum absolute atomic E-state index is 12.2. The number of alkyl halides is 1. The van der Waals surface area contributed by atoms with Crippen LogP contribution in [0.1, 0.15) is 33.6 Å². The summed E-state index contributed by atoms with van der Waals surface area (Å²) in [7, 11) is -3.52. The summed E-state index contributed by atoms with van der Waals surface area (Å²) in [6.07, 6.45) is 4.92. The van der Waals surface area contributed by atoms with Gasteiger partial charge in [0.05, 0.1) is 6.33 Å². The summed E-state index contributed by atoms with van der Waals surface area (Å²) in [5, 5.41) is 0.865. The van der Waals surface area contributed by atoms with Crippen LogP contribution in [0.4, 0.5) is 0 Å². The molecule has 0 amide bonds. The number of nitrogens with one attached hydrogen (secondary N) is 1. The van der Waals surface area contributed by atoms with E-state index in [9.17, 15) is 8.42 Å². The quantitative estimate of drug-likeness (QED) is 0.731. The fourth-order valence-corrected chi connectivity index (χ4v) is 3.80. The number of imidazole rings is 1. The number of hydrogen-bond acceptors (Lipinski definition) is 3. The van der Waals surface area contributed by atoms with E-state index in [1.165, 1.54) is 6.33 Å². The van der Waals surface area contributed by atoms with Crippen molar-refractivity contribution in [3.05, 3.63) is 12.5 Å². The molecule has 1 aromatic rings. The Balaban J connectivity index is 2.80.